The summed E-state index contributed by atoms with van der Waals surface area (Å²) in [6.45, 7) is 1.12. The Bertz CT molecular complexity index is 311. The molecule has 0 unspecified atom stereocenters. The highest BCUT2D eigenvalue weighted by molar-refractivity contribution is 5.81. The molecular formula is C11H16F2N2O2. The summed E-state index contributed by atoms with van der Waals surface area (Å²) in [5.74, 6) is -0.831. The van der Waals surface area contributed by atoms with Gasteiger partial charge < -0.3 is 10.2 Å². The van der Waals surface area contributed by atoms with E-state index in [1.54, 1.807) is 4.90 Å². The quantitative estimate of drug-likeness (QED) is 0.799. The largest absolute Gasteiger partial charge is 0.348 e. The summed E-state index contributed by atoms with van der Waals surface area (Å²) < 4.78 is 24.1. The number of amides is 2. The standard InChI is InChI=1S/C11H16F2N2O2/c12-9(13)10(16)14-8-3-5-15(6-4-8)11(17)7-1-2-7/h7-9H,1-6H2,(H,14,16). The van der Waals surface area contributed by atoms with Crippen molar-refractivity contribution in [1.29, 1.82) is 0 Å². The number of nitrogens with zero attached hydrogens (tertiary/aromatic N) is 1. The van der Waals surface area contributed by atoms with Crippen LogP contribution in [0.2, 0.25) is 0 Å². The van der Waals surface area contributed by atoms with Crippen molar-refractivity contribution in [1.82, 2.24) is 10.2 Å². The molecule has 0 spiro atoms. The van der Waals surface area contributed by atoms with E-state index in [-0.39, 0.29) is 17.9 Å². The Morgan fingerprint density at radius 1 is 1.12 bits per heavy atom. The second kappa shape index (κ2) is 4.98. The van der Waals surface area contributed by atoms with Crippen LogP contribution in [0.4, 0.5) is 8.78 Å². The van der Waals surface area contributed by atoms with Crippen LogP contribution in [0.3, 0.4) is 0 Å². The summed E-state index contributed by atoms with van der Waals surface area (Å²) in [7, 11) is 0. The number of alkyl halides is 2. The second-order valence-corrected chi connectivity index (χ2v) is 4.68. The summed E-state index contributed by atoms with van der Waals surface area (Å²) >= 11 is 0. The minimum absolute atomic E-state index is 0.184. The molecule has 1 aliphatic carbocycles. The van der Waals surface area contributed by atoms with Crippen LogP contribution in [-0.2, 0) is 9.59 Å². The first-order valence-electron chi connectivity index (χ1n) is 5.95. The van der Waals surface area contributed by atoms with Gasteiger partial charge in [0.05, 0.1) is 0 Å². The van der Waals surface area contributed by atoms with E-state index >= 15 is 0 Å². The van der Waals surface area contributed by atoms with Crippen molar-refractivity contribution in [2.45, 2.75) is 38.2 Å². The van der Waals surface area contributed by atoms with Crippen molar-refractivity contribution in [3.63, 3.8) is 0 Å². The van der Waals surface area contributed by atoms with Crippen LogP contribution < -0.4 is 5.32 Å². The van der Waals surface area contributed by atoms with E-state index in [1.165, 1.54) is 0 Å². The van der Waals surface area contributed by atoms with E-state index < -0.39 is 12.3 Å². The molecule has 0 aromatic carbocycles. The molecule has 4 nitrogen and oxygen atoms in total. The van der Waals surface area contributed by atoms with E-state index in [0.717, 1.165) is 12.8 Å². The van der Waals surface area contributed by atoms with Gasteiger partial charge in [0.25, 0.3) is 5.91 Å². The number of carbonyl (C=O) groups is 2. The predicted molar refractivity (Wildman–Crippen MR) is 56.5 cm³/mol. The molecule has 2 rings (SSSR count). The Balaban J connectivity index is 1.74. The Labute approximate surface area is 98.3 Å². The van der Waals surface area contributed by atoms with Crippen LogP contribution in [0, 0.1) is 5.92 Å². The van der Waals surface area contributed by atoms with E-state index in [4.69, 9.17) is 0 Å². The van der Waals surface area contributed by atoms with Gasteiger partial charge in [-0.2, -0.15) is 8.78 Å². The summed E-state index contributed by atoms with van der Waals surface area (Å²) in [5.41, 5.74) is 0. The Hall–Kier alpha value is -1.20. The molecule has 1 aliphatic heterocycles. The van der Waals surface area contributed by atoms with Gasteiger partial charge >= 0.3 is 6.43 Å². The summed E-state index contributed by atoms with van der Waals surface area (Å²) in [6, 6.07) is -0.222. The lowest BCUT2D eigenvalue weighted by atomic mass is 10.0. The predicted octanol–water partition coefficient (Wildman–Crippen LogP) is 0.769. The number of rotatable bonds is 3. The third-order valence-electron chi connectivity index (χ3n) is 3.28. The maximum absolute atomic E-state index is 12.0. The molecule has 1 N–H and O–H groups in total. The van der Waals surface area contributed by atoms with Gasteiger partial charge in [-0.15, -0.1) is 0 Å². The van der Waals surface area contributed by atoms with Gasteiger partial charge in [-0.05, 0) is 25.7 Å². The normalized spacial score (nSPS) is 21.7. The van der Waals surface area contributed by atoms with Crippen LogP contribution in [0.25, 0.3) is 0 Å². The molecule has 1 saturated heterocycles. The lowest BCUT2D eigenvalue weighted by molar-refractivity contribution is -0.134. The molecule has 2 amide bonds. The number of hydrogen-bond donors (Lipinski definition) is 1. The molecule has 17 heavy (non-hydrogen) atoms. The van der Waals surface area contributed by atoms with Gasteiger partial charge in [0.1, 0.15) is 0 Å². The molecular weight excluding hydrogens is 230 g/mol. The molecule has 0 atom stereocenters. The Kier molecular flexibility index (Phi) is 3.59. The zero-order valence-corrected chi connectivity index (χ0v) is 9.49. The molecule has 0 radical (unpaired) electrons. The number of piperidine rings is 1. The zero-order chi connectivity index (χ0) is 12.4. The molecule has 0 aromatic heterocycles. The highest BCUT2D eigenvalue weighted by atomic mass is 19.3. The number of nitrogens with one attached hydrogen (secondary N) is 1. The van der Waals surface area contributed by atoms with Crippen LogP contribution in [0.15, 0.2) is 0 Å². The van der Waals surface area contributed by atoms with Crippen molar-refractivity contribution in [3.8, 4) is 0 Å². The van der Waals surface area contributed by atoms with Gasteiger partial charge in [0.15, 0.2) is 0 Å². The van der Waals surface area contributed by atoms with Gasteiger partial charge in [0.2, 0.25) is 5.91 Å². The molecule has 6 heteroatoms. The minimum Gasteiger partial charge on any atom is -0.348 e. The first-order valence-corrected chi connectivity index (χ1v) is 5.95. The van der Waals surface area contributed by atoms with E-state index in [1.807, 2.05) is 0 Å². The first kappa shape index (κ1) is 12.3. The molecule has 1 heterocycles. The maximum Gasteiger partial charge on any atom is 0.315 e. The molecule has 0 bridgehead atoms. The van der Waals surface area contributed by atoms with Crippen LogP contribution >= 0.6 is 0 Å². The number of halogens is 2. The van der Waals surface area contributed by atoms with Crippen LogP contribution in [-0.4, -0.2) is 42.3 Å². The fourth-order valence-corrected chi connectivity index (χ4v) is 2.10. The molecule has 96 valence electrons. The van der Waals surface area contributed by atoms with E-state index in [9.17, 15) is 18.4 Å². The van der Waals surface area contributed by atoms with Crippen molar-refractivity contribution in [2.75, 3.05) is 13.1 Å². The van der Waals surface area contributed by atoms with Crippen molar-refractivity contribution in [2.24, 2.45) is 5.92 Å². The Morgan fingerprint density at radius 3 is 2.18 bits per heavy atom. The highest BCUT2D eigenvalue weighted by Gasteiger charge is 2.35. The third kappa shape index (κ3) is 3.14. The first-order chi connectivity index (χ1) is 8.08. The second-order valence-electron chi connectivity index (χ2n) is 4.68. The monoisotopic (exact) mass is 246 g/mol. The minimum atomic E-state index is -2.96. The maximum atomic E-state index is 12.0. The average Bonchev–Trinajstić information content (AvgIpc) is 3.13. The van der Waals surface area contributed by atoms with Gasteiger partial charge in [0, 0.05) is 25.0 Å². The lowest BCUT2D eigenvalue weighted by Gasteiger charge is -2.32. The molecule has 0 aromatic rings. The fraction of sp³-hybridized carbons (Fsp3) is 0.818. The molecule has 2 fully saturated rings. The van der Waals surface area contributed by atoms with Crippen molar-refractivity contribution in [3.05, 3.63) is 0 Å². The van der Waals surface area contributed by atoms with E-state index in [2.05, 4.69) is 5.32 Å². The van der Waals surface area contributed by atoms with Gasteiger partial charge in [-0.3, -0.25) is 9.59 Å². The summed E-state index contributed by atoms with van der Waals surface area (Å²) in [6.07, 6.45) is 0.122. The number of likely N-dealkylation sites (tertiary alicyclic amines) is 1. The molecule has 2 aliphatic rings. The smallest absolute Gasteiger partial charge is 0.315 e. The van der Waals surface area contributed by atoms with Gasteiger partial charge in [-0.1, -0.05) is 0 Å². The van der Waals surface area contributed by atoms with Crippen LogP contribution in [0.5, 0.6) is 0 Å². The van der Waals surface area contributed by atoms with Crippen molar-refractivity contribution < 1.29 is 18.4 Å². The number of hydrogen-bond acceptors (Lipinski definition) is 2. The average molecular weight is 246 g/mol. The summed E-state index contributed by atoms with van der Waals surface area (Å²) in [5, 5.41) is 2.30. The van der Waals surface area contributed by atoms with Crippen LogP contribution in [0.1, 0.15) is 25.7 Å². The lowest BCUT2D eigenvalue weighted by Crippen LogP contribution is -2.48. The van der Waals surface area contributed by atoms with Crippen molar-refractivity contribution >= 4 is 11.8 Å². The Morgan fingerprint density at radius 2 is 1.71 bits per heavy atom. The topological polar surface area (TPSA) is 49.4 Å². The number of carbonyl (C=O) groups excluding carboxylic acids is 2. The molecule has 1 saturated carbocycles. The SMILES string of the molecule is O=C(NC1CCN(C(=O)C2CC2)CC1)C(F)F. The summed E-state index contributed by atoms with van der Waals surface area (Å²) in [4.78, 5) is 24.3. The highest BCUT2D eigenvalue weighted by Crippen LogP contribution is 2.31. The zero-order valence-electron chi connectivity index (χ0n) is 9.49. The third-order valence-corrected chi connectivity index (χ3v) is 3.28. The fourth-order valence-electron chi connectivity index (χ4n) is 2.10. The van der Waals surface area contributed by atoms with Gasteiger partial charge in [-0.25, -0.2) is 0 Å². The van der Waals surface area contributed by atoms with E-state index in [0.29, 0.717) is 25.9 Å².